The van der Waals surface area contributed by atoms with E-state index in [1.54, 1.807) is 0 Å². The number of rotatable bonds is 7. The molecule has 0 bridgehead atoms. The largest absolute Gasteiger partial charge is 0.444 e. The summed E-state index contributed by atoms with van der Waals surface area (Å²) < 4.78 is 5.50. The molecule has 214 valence electrons. The fourth-order valence-electron chi connectivity index (χ4n) is 5.94. The smallest absolute Gasteiger partial charge is 0.410 e. The predicted octanol–water partition coefficient (Wildman–Crippen LogP) is 6.55. The summed E-state index contributed by atoms with van der Waals surface area (Å²) in [6.07, 6.45) is 9.28. The Labute approximate surface area is 237 Å². The number of amides is 2. The molecule has 2 saturated heterocycles. The summed E-state index contributed by atoms with van der Waals surface area (Å²) in [5.41, 5.74) is 3.61. The Bertz CT molecular complexity index is 1320. The van der Waals surface area contributed by atoms with Crippen molar-refractivity contribution in [2.75, 3.05) is 32.0 Å². The summed E-state index contributed by atoms with van der Waals surface area (Å²) in [7, 11) is 2.16. The van der Waals surface area contributed by atoms with Crippen LogP contribution < -0.4 is 5.32 Å². The van der Waals surface area contributed by atoms with Crippen LogP contribution >= 0.6 is 0 Å². The normalized spacial score (nSPS) is 18.8. The summed E-state index contributed by atoms with van der Waals surface area (Å²) >= 11 is 0. The van der Waals surface area contributed by atoms with Gasteiger partial charge in [-0.1, -0.05) is 12.1 Å². The van der Waals surface area contributed by atoms with Gasteiger partial charge in [-0.2, -0.15) is 0 Å². The minimum atomic E-state index is -0.450. The monoisotopic (exact) mass is 545 g/mol. The average molecular weight is 546 g/mol. The molecule has 1 atom stereocenters. The van der Waals surface area contributed by atoms with Crippen LogP contribution in [0.5, 0.6) is 0 Å². The molecule has 2 fully saturated rings. The molecule has 0 saturated carbocycles. The second kappa shape index (κ2) is 12.0. The molecule has 0 unspecified atom stereocenters. The third-order valence-electron chi connectivity index (χ3n) is 8.21. The second-order valence-electron chi connectivity index (χ2n) is 12.5. The average Bonchev–Trinajstić information content (AvgIpc) is 3.53. The summed E-state index contributed by atoms with van der Waals surface area (Å²) in [5.74, 6) is 1.04. The number of pyridine rings is 1. The van der Waals surface area contributed by atoms with Gasteiger partial charge in [-0.3, -0.25) is 9.69 Å². The summed E-state index contributed by atoms with van der Waals surface area (Å²) in [6.45, 7) is 8.38. The highest BCUT2D eigenvalue weighted by Gasteiger charge is 2.27. The fourth-order valence-corrected chi connectivity index (χ4v) is 5.94. The van der Waals surface area contributed by atoms with Crippen molar-refractivity contribution in [3.63, 3.8) is 0 Å². The molecule has 3 aromatic rings. The number of H-pyrrole nitrogens is 1. The first kappa shape index (κ1) is 28.1. The molecule has 0 spiro atoms. The number of carbonyl (C=O) groups excluding carboxylic acids is 2. The van der Waals surface area contributed by atoms with E-state index in [-0.39, 0.29) is 12.0 Å². The second-order valence-corrected chi connectivity index (χ2v) is 12.5. The lowest BCUT2D eigenvalue weighted by Gasteiger charge is -2.33. The van der Waals surface area contributed by atoms with Gasteiger partial charge in [0, 0.05) is 48.0 Å². The number of nitrogens with one attached hydrogen (secondary N) is 2. The number of fused-ring (bicyclic) bond motifs is 1. The van der Waals surface area contributed by atoms with Crippen LogP contribution in [0.2, 0.25) is 0 Å². The predicted molar refractivity (Wildman–Crippen MR) is 159 cm³/mol. The number of piperidine rings is 1. The van der Waals surface area contributed by atoms with Gasteiger partial charge in [0.2, 0.25) is 0 Å². The standard InChI is InChI=1S/C32H43N5O3/c1-32(2,3)40-31(39)37-17-14-23(15-18-37)8-5-7-22-10-12-24(13-11-22)30(38)35-29-20-26-25(21-33-29)19-27(34-26)28-9-6-16-36(28)4/h10-13,19-21,23,28,34H,5-9,14-18H2,1-4H3,(H,33,35,38)/t28-/m1/s1. The summed E-state index contributed by atoms with van der Waals surface area (Å²) in [6, 6.07) is 12.4. The minimum absolute atomic E-state index is 0.155. The summed E-state index contributed by atoms with van der Waals surface area (Å²) in [5, 5.41) is 4.01. The Morgan fingerprint density at radius 2 is 1.82 bits per heavy atom. The van der Waals surface area contributed by atoms with Crippen LogP contribution in [0, 0.1) is 5.92 Å². The number of likely N-dealkylation sites (tertiary alicyclic amines) is 2. The van der Waals surface area contributed by atoms with Gasteiger partial charge in [-0.25, -0.2) is 9.78 Å². The van der Waals surface area contributed by atoms with E-state index in [1.807, 2.05) is 62.2 Å². The number of hydrogen-bond donors (Lipinski definition) is 2. The van der Waals surface area contributed by atoms with E-state index in [9.17, 15) is 9.59 Å². The van der Waals surface area contributed by atoms with Crippen LogP contribution in [-0.2, 0) is 11.2 Å². The lowest BCUT2D eigenvalue weighted by atomic mass is 9.91. The molecule has 4 heterocycles. The van der Waals surface area contributed by atoms with E-state index < -0.39 is 5.60 Å². The Morgan fingerprint density at radius 1 is 1.07 bits per heavy atom. The maximum Gasteiger partial charge on any atom is 0.410 e. The molecule has 2 aromatic heterocycles. The van der Waals surface area contributed by atoms with E-state index in [0.29, 0.717) is 23.3 Å². The van der Waals surface area contributed by atoms with Crippen LogP contribution in [0.3, 0.4) is 0 Å². The number of benzene rings is 1. The van der Waals surface area contributed by atoms with Crippen molar-refractivity contribution in [1.29, 1.82) is 0 Å². The van der Waals surface area contributed by atoms with E-state index in [2.05, 4.69) is 33.3 Å². The molecular weight excluding hydrogens is 502 g/mol. The molecule has 8 heteroatoms. The number of aromatic amines is 1. The highest BCUT2D eigenvalue weighted by atomic mass is 16.6. The molecule has 1 aromatic carbocycles. The Hall–Kier alpha value is -3.39. The topological polar surface area (TPSA) is 90.6 Å². The Morgan fingerprint density at radius 3 is 2.50 bits per heavy atom. The quantitative estimate of drug-likeness (QED) is 0.351. The first-order chi connectivity index (χ1) is 19.1. The van der Waals surface area contributed by atoms with Gasteiger partial charge in [0.25, 0.3) is 5.91 Å². The molecule has 2 aliphatic rings. The summed E-state index contributed by atoms with van der Waals surface area (Å²) in [4.78, 5) is 37.4. The van der Waals surface area contributed by atoms with Crippen LogP contribution in [0.15, 0.2) is 42.6 Å². The van der Waals surface area contributed by atoms with Gasteiger partial charge >= 0.3 is 6.09 Å². The van der Waals surface area contributed by atoms with Gasteiger partial charge in [0.05, 0.1) is 5.52 Å². The van der Waals surface area contributed by atoms with E-state index in [4.69, 9.17) is 4.74 Å². The molecule has 2 aliphatic heterocycles. The molecule has 40 heavy (non-hydrogen) atoms. The van der Waals surface area contributed by atoms with Crippen molar-refractivity contribution < 1.29 is 14.3 Å². The van der Waals surface area contributed by atoms with Crippen LogP contribution in [0.1, 0.15) is 87.0 Å². The third kappa shape index (κ3) is 7.02. The maximum absolute atomic E-state index is 12.9. The van der Waals surface area contributed by atoms with Gasteiger partial charge in [-0.05, 0) is 109 Å². The molecule has 2 N–H and O–H groups in total. The van der Waals surface area contributed by atoms with Crippen molar-refractivity contribution in [3.8, 4) is 0 Å². The van der Waals surface area contributed by atoms with Crippen molar-refractivity contribution >= 4 is 28.7 Å². The number of nitrogens with zero attached hydrogens (tertiary/aromatic N) is 3. The van der Waals surface area contributed by atoms with Crippen LogP contribution in [0.25, 0.3) is 10.9 Å². The lowest BCUT2D eigenvalue weighted by molar-refractivity contribution is 0.0180. The zero-order valence-corrected chi connectivity index (χ0v) is 24.3. The highest BCUT2D eigenvalue weighted by Crippen LogP contribution is 2.32. The molecular formula is C32H43N5O3. The van der Waals surface area contributed by atoms with Crippen molar-refractivity contribution in [3.05, 3.63) is 59.4 Å². The minimum Gasteiger partial charge on any atom is -0.444 e. The van der Waals surface area contributed by atoms with Gasteiger partial charge in [0.1, 0.15) is 11.4 Å². The first-order valence-electron chi connectivity index (χ1n) is 14.7. The molecule has 5 rings (SSSR count). The highest BCUT2D eigenvalue weighted by molar-refractivity contribution is 6.04. The number of anilines is 1. The van der Waals surface area contributed by atoms with E-state index in [0.717, 1.165) is 69.1 Å². The lowest BCUT2D eigenvalue weighted by Crippen LogP contribution is -2.41. The number of hydrogen-bond acceptors (Lipinski definition) is 5. The van der Waals surface area contributed by atoms with Crippen molar-refractivity contribution in [1.82, 2.24) is 19.8 Å². The number of aryl methyl sites for hydroxylation is 1. The van der Waals surface area contributed by atoms with Crippen molar-refractivity contribution in [2.24, 2.45) is 5.92 Å². The maximum atomic E-state index is 12.9. The molecule has 0 aliphatic carbocycles. The number of ether oxygens (including phenoxy) is 1. The van der Waals surface area contributed by atoms with E-state index in [1.165, 1.54) is 17.7 Å². The zero-order chi connectivity index (χ0) is 28.3. The molecule has 2 amide bonds. The van der Waals surface area contributed by atoms with Gasteiger partial charge < -0.3 is 19.9 Å². The van der Waals surface area contributed by atoms with Crippen molar-refractivity contribution in [2.45, 2.75) is 77.4 Å². The van der Waals surface area contributed by atoms with E-state index >= 15 is 0 Å². The Balaban J connectivity index is 1.07. The van der Waals surface area contributed by atoms with Gasteiger partial charge in [0.15, 0.2) is 0 Å². The molecule has 8 nitrogen and oxygen atoms in total. The zero-order valence-electron chi connectivity index (χ0n) is 24.3. The Kier molecular flexibility index (Phi) is 8.45. The number of carbonyl (C=O) groups is 2. The SMILES string of the molecule is CN1CCC[C@@H]1c1cc2cnc(NC(=O)c3ccc(CCCC4CCN(C(=O)OC(C)(C)C)CC4)cc3)cc2[nH]1. The van der Waals surface area contributed by atoms with Gasteiger partial charge in [-0.15, -0.1) is 0 Å². The third-order valence-corrected chi connectivity index (χ3v) is 8.21. The fraction of sp³-hybridized carbons (Fsp3) is 0.531. The first-order valence-corrected chi connectivity index (χ1v) is 14.7. The molecule has 0 radical (unpaired) electrons. The van der Waals surface area contributed by atoms with Crippen LogP contribution in [-0.4, -0.2) is 64.1 Å². The number of aromatic nitrogens is 2. The van der Waals surface area contributed by atoms with Crippen LogP contribution in [0.4, 0.5) is 10.6 Å².